The van der Waals surface area contributed by atoms with Crippen LogP contribution in [0.15, 0.2) is 0 Å². The van der Waals surface area contributed by atoms with E-state index in [-0.39, 0.29) is 6.23 Å². The molecule has 0 aromatic heterocycles. The molecule has 0 aliphatic carbocycles. The molecule has 0 heterocycles. The normalized spacial score (nSPS) is 14.1. The molecule has 0 bridgehead atoms. The van der Waals surface area contributed by atoms with E-state index < -0.39 is 8.80 Å². The summed E-state index contributed by atoms with van der Waals surface area (Å²) in [6, 6.07) is 0.687. The van der Waals surface area contributed by atoms with Gasteiger partial charge in [0.1, 0.15) is 0 Å². The van der Waals surface area contributed by atoms with Crippen molar-refractivity contribution in [3.05, 3.63) is 0 Å². The summed E-state index contributed by atoms with van der Waals surface area (Å²) in [4.78, 5) is 0. The van der Waals surface area contributed by atoms with Crippen LogP contribution in [0.2, 0.25) is 6.04 Å². The fourth-order valence-corrected chi connectivity index (χ4v) is 3.47. The van der Waals surface area contributed by atoms with Gasteiger partial charge in [0, 0.05) is 20.3 Å². The van der Waals surface area contributed by atoms with Gasteiger partial charge in [-0.3, -0.25) is 0 Å². The molecule has 16 heavy (non-hydrogen) atoms. The first-order chi connectivity index (χ1) is 7.64. The molecule has 1 unspecified atom stereocenters. The van der Waals surface area contributed by atoms with Crippen molar-refractivity contribution in [2.75, 3.05) is 27.3 Å². The van der Waals surface area contributed by atoms with Crippen molar-refractivity contribution in [2.45, 2.75) is 31.5 Å². The van der Waals surface area contributed by atoms with Crippen molar-refractivity contribution in [1.29, 1.82) is 0 Å². The van der Waals surface area contributed by atoms with Gasteiger partial charge in [0.05, 0.1) is 6.23 Å². The van der Waals surface area contributed by atoms with Gasteiger partial charge in [-0.15, -0.1) is 0 Å². The number of hydrogen-bond donors (Lipinski definition) is 3. The van der Waals surface area contributed by atoms with E-state index in [2.05, 4.69) is 0 Å². The van der Waals surface area contributed by atoms with Gasteiger partial charge in [0.15, 0.2) is 0 Å². The minimum atomic E-state index is -2.62. The van der Waals surface area contributed by atoms with Crippen LogP contribution >= 0.6 is 0 Å². The third kappa shape index (κ3) is 5.90. The van der Waals surface area contributed by atoms with Crippen molar-refractivity contribution in [2.24, 2.45) is 17.2 Å². The van der Waals surface area contributed by atoms with Crippen molar-refractivity contribution in [3.63, 3.8) is 0 Å². The Morgan fingerprint density at radius 3 is 2.06 bits per heavy atom. The van der Waals surface area contributed by atoms with Gasteiger partial charge >= 0.3 is 8.80 Å². The van der Waals surface area contributed by atoms with Gasteiger partial charge in [-0.2, -0.15) is 0 Å². The maximum Gasteiger partial charge on any atom is 0.501 e. The predicted molar refractivity (Wildman–Crippen MR) is 65.6 cm³/mol. The zero-order valence-corrected chi connectivity index (χ0v) is 11.3. The standard InChI is InChI=1S/C9H25N3O3Si/c1-13-16(14-2,8-4-7-11)15-9(12)5-3-6-10/h9H,3-8,10-12H2,1-2H3. The van der Waals surface area contributed by atoms with Crippen molar-refractivity contribution < 1.29 is 13.3 Å². The molecule has 0 radical (unpaired) electrons. The Hall–Kier alpha value is -0.0231. The summed E-state index contributed by atoms with van der Waals surface area (Å²) in [5.41, 5.74) is 16.7. The molecule has 0 aliphatic heterocycles. The van der Waals surface area contributed by atoms with Gasteiger partial charge in [-0.25, -0.2) is 0 Å². The third-order valence-corrected chi connectivity index (χ3v) is 5.20. The van der Waals surface area contributed by atoms with Crippen LogP contribution in [0, 0.1) is 0 Å². The highest BCUT2D eigenvalue weighted by molar-refractivity contribution is 6.60. The average molecular weight is 251 g/mol. The third-order valence-electron chi connectivity index (χ3n) is 2.33. The van der Waals surface area contributed by atoms with Crippen molar-refractivity contribution in [1.82, 2.24) is 0 Å². The fraction of sp³-hybridized carbons (Fsp3) is 1.00. The molecule has 98 valence electrons. The van der Waals surface area contributed by atoms with E-state index in [0.29, 0.717) is 25.6 Å². The largest absolute Gasteiger partial charge is 0.501 e. The molecule has 6 nitrogen and oxygen atoms in total. The Morgan fingerprint density at radius 1 is 1.06 bits per heavy atom. The van der Waals surface area contributed by atoms with Gasteiger partial charge in [0.25, 0.3) is 0 Å². The molecule has 0 aliphatic rings. The number of rotatable bonds is 10. The summed E-state index contributed by atoms with van der Waals surface area (Å²) in [7, 11) is 0.547. The number of hydrogen-bond acceptors (Lipinski definition) is 6. The second-order valence-electron chi connectivity index (χ2n) is 3.57. The average Bonchev–Trinajstić information content (AvgIpc) is 2.32. The van der Waals surface area contributed by atoms with Crippen LogP contribution in [0.3, 0.4) is 0 Å². The van der Waals surface area contributed by atoms with Crippen LogP contribution in [0.25, 0.3) is 0 Å². The Kier molecular flexibility index (Phi) is 9.04. The van der Waals surface area contributed by atoms with E-state index in [1.165, 1.54) is 0 Å². The SMILES string of the molecule is CO[Si](CCCN)(OC)OC(N)CCCN. The lowest BCUT2D eigenvalue weighted by molar-refractivity contribution is 0.0530. The lowest BCUT2D eigenvalue weighted by Crippen LogP contribution is -2.49. The van der Waals surface area contributed by atoms with Crippen molar-refractivity contribution >= 4 is 8.80 Å². The molecular weight excluding hydrogens is 226 g/mol. The molecule has 0 saturated heterocycles. The Labute approximate surface area is 98.8 Å². The van der Waals surface area contributed by atoms with Gasteiger partial charge in [-0.1, -0.05) is 0 Å². The van der Waals surface area contributed by atoms with E-state index in [4.69, 9.17) is 30.5 Å². The summed E-state index contributed by atoms with van der Waals surface area (Å²) in [5.74, 6) is 0. The minimum absolute atomic E-state index is 0.382. The lowest BCUT2D eigenvalue weighted by atomic mass is 10.3. The summed E-state index contributed by atoms with van der Waals surface area (Å²) in [6.45, 7) is 1.19. The molecular formula is C9H25N3O3Si. The van der Waals surface area contributed by atoms with Crippen LogP contribution < -0.4 is 17.2 Å². The zero-order valence-electron chi connectivity index (χ0n) is 10.3. The highest BCUT2D eigenvalue weighted by Gasteiger charge is 2.39. The van der Waals surface area contributed by atoms with E-state index in [0.717, 1.165) is 12.8 Å². The van der Waals surface area contributed by atoms with Crippen LogP contribution in [0.5, 0.6) is 0 Å². The fourth-order valence-electron chi connectivity index (χ4n) is 1.37. The highest BCUT2D eigenvalue weighted by Crippen LogP contribution is 2.17. The molecule has 1 atom stereocenters. The first-order valence-electron chi connectivity index (χ1n) is 5.58. The molecule has 0 spiro atoms. The minimum Gasteiger partial charge on any atom is -0.377 e. The molecule has 0 saturated carbocycles. The van der Waals surface area contributed by atoms with Crippen molar-refractivity contribution in [3.8, 4) is 0 Å². The van der Waals surface area contributed by atoms with Gasteiger partial charge in [-0.05, 0) is 32.4 Å². The Bertz CT molecular complexity index is 170. The molecule has 0 aromatic carbocycles. The molecule has 6 N–H and O–H groups in total. The Morgan fingerprint density at radius 2 is 1.62 bits per heavy atom. The second kappa shape index (κ2) is 9.05. The summed E-state index contributed by atoms with van der Waals surface area (Å²) < 4.78 is 16.4. The summed E-state index contributed by atoms with van der Waals surface area (Å²) in [5, 5.41) is 0. The molecule has 7 heteroatoms. The van der Waals surface area contributed by atoms with Crippen LogP contribution in [-0.2, 0) is 13.3 Å². The Balaban J connectivity index is 4.17. The van der Waals surface area contributed by atoms with E-state index in [9.17, 15) is 0 Å². The molecule has 0 aromatic rings. The predicted octanol–water partition coefficient (Wildman–Crippen LogP) is -0.393. The maximum absolute atomic E-state index is 5.83. The molecule has 0 amide bonds. The quantitative estimate of drug-likeness (QED) is 0.360. The summed E-state index contributed by atoms with van der Waals surface area (Å²) in [6.07, 6.45) is 1.96. The van der Waals surface area contributed by atoms with Crippen LogP contribution in [0.4, 0.5) is 0 Å². The highest BCUT2D eigenvalue weighted by atomic mass is 28.4. The van der Waals surface area contributed by atoms with Gasteiger partial charge < -0.3 is 30.5 Å². The smallest absolute Gasteiger partial charge is 0.377 e. The summed E-state index contributed by atoms with van der Waals surface area (Å²) >= 11 is 0. The van der Waals surface area contributed by atoms with Gasteiger partial charge in [0.2, 0.25) is 0 Å². The zero-order chi connectivity index (χ0) is 12.4. The lowest BCUT2D eigenvalue weighted by Gasteiger charge is -2.29. The van der Waals surface area contributed by atoms with E-state index in [1.54, 1.807) is 14.2 Å². The van der Waals surface area contributed by atoms with E-state index in [1.807, 2.05) is 0 Å². The van der Waals surface area contributed by atoms with E-state index >= 15 is 0 Å². The molecule has 0 rings (SSSR count). The second-order valence-corrected chi connectivity index (χ2v) is 6.49. The number of nitrogens with two attached hydrogens (primary N) is 3. The van der Waals surface area contributed by atoms with Crippen LogP contribution in [-0.4, -0.2) is 42.3 Å². The first kappa shape index (κ1) is 16.0. The maximum atomic E-state index is 5.83. The first-order valence-corrected chi connectivity index (χ1v) is 7.51. The molecule has 0 fully saturated rings. The monoisotopic (exact) mass is 251 g/mol. The van der Waals surface area contributed by atoms with Crippen LogP contribution in [0.1, 0.15) is 19.3 Å². The topological polar surface area (TPSA) is 106 Å².